The minimum absolute atomic E-state index is 0.218. The molecule has 0 saturated carbocycles. The number of methoxy groups -OCH3 is 2. The number of carbonyl (C=O) groups excluding carboxylic acids is 2. The van der Waals surface area contributed by atoms with E-state index < -0.39 is 47.0 Å². The first-order valence-corrected chi connectivity index (χ1v) is 14.5. The lowest BCUT2D eigenvalue weighted by Crippen LogP contribution is -2.55. The number of halogens is 1. The van der Waals surface area contributed by atoms with Gasteiger partial charge in [-0.1, -0.05) is 42.5 Å². The molecule has 46 heavy (non-hydrogen) atoms. The maximum absolute atomic E-state index is 14.7. The van der Waals surface area contributed by atoms with Crippen molar-refractivity contribution in [3.8, 4) is 17.6 Å². The molecule has 0 spiro atoms. The molecule has 1 heterocycles. The van der Waals surface area contributed by atoms with E-state index in [2.05, 4.69) is 5.32 Å². The molecule has 234 valence electrons. The molecule has 0 aromatic heterocycles. The highest BCUT2D eigenvalue weighted by molar-refractivity contribution is 6.03. The third-order valence-corrected chi connectivity index (χ3v) is 8.58. The second kappa shape index (κ2) is 12.7. The first kappa shape index (κ1) is 31.7. The number of ether oxygens (including phenoxy) is 2. The van der Waals surface area contributed by atoms with Crippen LogP contribution in [0, 0.1) is 30.0 Å². The van der Waals surface area contributed by atoms with Crippen LogP contribution in [-0.4, -0.2) is 47.5 Å². The molecule has 4 aromatic rings. The highest BCUT2D eigenvalue weighted by atomic mass is 19.1. The summed E-state index contributed by atoms with van der Waals surface area (Å²) in [7, 11) is 2.91. The first-order valence-electron chi connectivity index (χ1n) is 14.5. The summed E-state index contributed by atoms with van der Waals surface area (Å²) in [6.45, 7) is 3.27. The van der Waals surface area contributed by atoms with Gasteiger partial charge >= 0.3 is 12.0 Å². The number of carboxylic acid groups (broad SMARTS) is 1. The van der Waals surface area contributed by atoms with E-state index >= 15 is 0 Å². The van der Waals surface area contributed by atoms with E-state index in [1.807, 2.05) is 19.1 Å². The molecular weight excluding hydrogens is 589 g/mol. The molecule has 2 N–H and O–H groups in total. The predicted octanol–water partition coefficient (Wildman–Crippen LogP) is 6.74. The Morgan fingerprint density at radius 3 is 2.15 bits per heavy atom. The molecule has 0 bridgehead atoms. The Morgan fingerprint density at radius 1 is 0.913 bits per heavy atom. The number of Topliss-reactive ketones (excluding diaryl/α,β-unsaturated/α-hetero) is 1. The third kappa shape index (κ3) is 5.63. The van der Waals surface area contributed by atoms with Gasteiger partial charge < -0.3 is 19.9 Å². The molecule has 1 fully saturated rings. The maximum atomic E-state index is 14.7. The molecule has 0 radical (unpaired) electrons. The zero-order valence-electron chi connectivity index (χ0n) is 25.7. The lowest BCUT2D eigenvalue weighted by molar-refractivity contribution is -0.148. The van der Waals surface area contributed by atoms with Gasteiger partial charge in [-0.15, -0.1) is 0 Å². The van der Waals surface area contributed by atoms with Crippen molar-refractivity contribution in [2.45, 2.75) is 31.3 Å². The Balaban J connectivity index is 1.80. The minimum atomic E-state index is -2.01. The van der Waals surface area contributed by atoms with Crippen molar-refractivity contribution >= 4 is 23.5 Å². The summed E-state index contributed by atoms with van der Waals surface area (Å²) in [5.74, 6) is -3.97. The average molecular weight is 622 g/mol. The van der Waals surface area contributed by atoms with Crippen molar-refractivity contribution in [2.24, 2.45) is 5.92 Å². The smallest absolute Gasteiger partial charge is 0.330 e. The van der Waals surface area contributed by atoms with Gasteiger partial charge in [0, 0.05) is 17.2 Å². The maximum Gasteiger partial charge on any atom is 0.330 e. The Hall–Kier alpha value is -5.69. The van der Waals surface area contributed by atoms with E-state index in [0.717, 1.165) is 5.56 Å². The number of likely N-dealkylation sites (tertiary alicyclic amines) is 1. The first-order chi connectivity index (χ1) is 22.0. The van der Waals surface area contributed by atoms with Gasteiger partial charge in [0.05, 0.1) is 37.8 Å². The summed E-state index contributed by atoms with van der Waals surface area (Å²) in [5, 5.41) is 23.2. The van der Waals surface area contributed by atoms with Crippen LogP contribution in [0.4, 0.5) is 14.9 Å². The molecular formula is C36H32FN3O6. The van der Waals surface area contributed by atoms with Crippen molar-refractivity contribution in [3.63, 3.8) is 0 Å². The number of amides is 2. The van der Waals surface area contributed by atoms with Crippen LogP contribution in [0.25, 0.3) is 0 Å². The molecule has 2 amide bonds. The number of carbonyl (C=O) groups is 3. The molecule has 0 aliphatic carbocycles. The largest absolute Gasteiger partial charge is 0.493 e. The number of hydrogen-bond acceptors (Lipinski definition) is 6. The molecule has 1 aliphatic rings. The van der Waals surface area contributed by atoms with Crippen LogP contribution in [0.3, 0.4) is 0 Å². The monoisotopic (exact) mass is 621 g/mol. The van der Waals surface area contributed by atoms with Crippen LogP contribution in [0.15, 0.2) is 91.0 Å². The van der Waals surface area contributed by atoms with Gasteiger partial charge in [0.2, 0.25) is 0 Å². The molecule has 5 rings (SSSR count). The summed E-state index contributed by atoms with van der Waals surface area (Å²) in [5.41, 5.74) is 0.613. The van der Waals surface area contributed by atoms with E-state index in [-0.39, 0.29) is 5.56 Å². The number of rotatable bonds is 8. The number of benzene rings is 4. The number of ketones is 1. The van der Waals surface area contributed by atoms with Gasteiger partial charge in [-0.25, -0.2) is 14.0 Å². The number of anilines is 1. The number of aryl methyl sites for hydroxylation is 1. The van der Waals surface area contributed by atoms with E-state index in [1.165, 1.54) is 74.6 Å². The summed E-state index contributed by atoms with van der Waals surface area (Å²) in [6, 6.07) is 23.3. The topological polar surface area (TPSA) is 129 Å². The van der Waals surface area contributed by atoms with E-state index in [0.29, 0.717) is 33.9 Å². The van der Waals surface area contributed by atoms with Crippen LogP contribution in [0.2, 0.25) is 0 Å². The van der Waals surface area contributed by atoms with Gasteiger partial charge in [0.25, 0.3) is 0 Å². The third-order valence-electron chi connectivity index (χ3n) is 8.58. The number of nitrogens with zero attached hydrogens (tertiary/aromatic N) is 2. The molecule has 4 atom stereocenters. The predicted molar refractivity (Wildman–Crippen MR) is 168 cm³/mol. The average Bonchev–Trinajstić information content (AvgIpc) is 3.34. The lowest BCUT2D eigenvalue weighted by atomic mass is 9.71. The van der Waals surface area contributed by atoms with Gasteiger partial charge in [-0.05, 0) is 79.1 Å². The minimum Gasteiger partial charge on any atom is -0.493 e. The zero-order valence-corrected chi connectivity index (χ0v) is 25.7. The summed E-state index contributed by atoms with van der Waals surface area (Å²) < 4.78 is 25.2. The van der Waals surface area contributed by atoms with Gasteiger partial charge in [-0.2, -0.15) is 5.26 Å². The Kier molecular flexibility index (Phi) is 8.78. The molecule has 4 aromatic carbocycles. The zero-order chi connectivity index (χ0) is 33.2. The van der Waals surface area contributed by atoms with Gasteiger partial charge in [0.15, 0.2) is 17.3 Å². The Labute approximate surface area is 265 Å². The highest BCUT2D eigenvalue weighted by Crippen LogP contribution is 2.57. The lowest BCUT2D eigenvalue weighted by Gasteiger charge is -2.37. The number of aliphatic carboxylic acids is 1. The van der Waals surface area contributed by atoms with Gasteiger partial charge in [-0.3, -0.25) is 9.69 Å². The fourth-order valence-corrected chi connectivity index (χ4v) is 6.40. The van der Waals surface area contributed by atoms with Crippen molar-refractivity contribution in [1.29, 1.82) is 5.26 Å². The number of carboxylic acids is 1. The Morgan fingerprint density at radius 2 is 1.57 bits per heavy atom. The van der Waals surface area contributed by atoms with Crippen LogP contribution in [0.1, 0.15) is 51.5 Å². The summed E-state index contributed by atoms with van der Waals surface area (Å²) in [4.78, 5) is 43.8. The fourth-order valence-electron chi connectivity index (χ4n) is 6.40. The van der Waals surface area contributed by atoms with E-state index in [1.54, 1.807) is 36.4 Å². The normalized spacial score (nSPS) is 20.4. The van der Waals surface area contributed by atoms with Crippen molar-refractivity contribution in [3.05, 3.63) is 125 Å². The van der Waals surface area contributed by atoms with E-state index in [4.69, 9.17) is 9.47 Å². The Bertz CT molecular complexity index is 1840. The van der Waals surface area contributed by atoms with Crippen LogP contribution >= 0.6 is 0 Å². The van der Waals surface area contributed by atoms with Crippen molar-refractivity contribution in [1.82, 2.24) is 4.90 Å². The van der Waals surface area contributed by atoms with Crippen molar-refractivity contribution < 1.29 is 33.4 Å². The summed E-state index contributed by atoms with van der Waals surface area (Å²) >= 11 is 0. The van der Waals surface area contributed by atoms with Crippen LogP contribution in [0.5, 0.6) is 11.5 Å². The molecule has 1 saturated heterocycles. The molecule has 10 heteroatoms. The van der Waals surface area contributed by atoms with Crippen LogP contribution < -0.4 is 14.8 Å². The number of urea groups is 1. The highest BCUT2D eigenvalue weighted by Gasteiger charge is 2.65. The number of nitriles is 1. The SMILES string of the molecule is COc1ccc(C2C(C(=O)c3ccc(C#N)cc3)C(c3ccc(F)cc3)N(C(=O)Nc3cccc(C)c3)C2(C)C(=O)O)cc1OC. The number of nitrogens with one attached hydrogen (secondary N) is 1. The second-order valence-electron chi connectivity index (χ2n) is 11.3. The molecule has 1 aliphatic heterocycles. The summed E-state index contributed by atoms with van der Waals surface area (Å²) in [6.07, 6.45) is 0. The quantitative estimate of drug-likeness (QED) is 0.209. The molecule has 4 unspecified atom stereocenters. The molecule has 9 nitrogen and oxygen atoms in total. The standard InChI is InChI=1S/C36H32FN3O6/c1-21-6-5-7-27(18-21)39-35(44)40-32(23-12-15-26(37)16-13-23)30(33(41)24-10-8-22(20-38)9-11-24)31(36(40,2)34(42)43)25-14-17-28(45-3)29(19-25)46-4/h5-19,30-32H,1-4H3,(H,39,44)(H,42,43). The number of hydrogen-bond donors (Lipinski definition) is 2. The van der Waals surface area contributed by atoms with Gasteiger partial charge in [0.1, 0.15) is 11.4 Å². The fraction of sp³-hybridized carbons (Fsp3) is 0.222. The second-order valence-corrected chi connectivity index (χ2v) is 11.3. The van der Waals surface area contributed by atoms with Crippen LogP contribution in [-0.2, 0) is 4.79 Å². The van der Waals surface area contributed by atoms with E-state index in [9.17, 15) is 29.1 Å². The van der Waals surface area contributed by atoms with Crippen molar-refractivity contribution in [2.75, 3.05) is 19.5 Å².